The van der Waals surface area contributed by atoms with Gasteiger partial charge in [-0.3, -0.25) is 0 Å². The van der Waals surface area contributed by atoms with Crippen molar-refractivity contribution < 1.29 is 4.74 Å². The van der Waals surface area contributed by atoms with Crippen LogP contribution in [-0.4, -0.2) is 11.7 Å². The van der Waals surface area contributed by atoms with Gasteiger partial charge in [-0.1, -0.05) is 12.1 Å². The summed E-state index contributed by atoms with van der Waals surface area (Å²) in [5.74, 6) is 0.856. The van der Waals surface area contributed by atoms with Gasteiger partial charge in [0, 0.05) is 9.26 Å². The quantitative estimate of drug-likeness (QED) is 0.587. The number of benzene rings is 2. The van der Waals surface area contributed by atoms with Crippen LogP contribution in [0.2, 0.25) is 0 Å². The molecule has 2 aromatic rings. The summed E-state index contributed by atoms with van der Waals surface area (Å²) in [4.78, 5) is 0. The molecule has 2 aromatic carbocycles. The first-order valence-corrected chi connectivity index (χ1v) is 7.73. The first-order valence-electron chi connectivity index (χ1n) is 6.24. The molecule has 0 amide bonds. The summed E-state index contributed by atoms with van der Waals surface area (Å²) < 4.78 is 6.53. The van der Waals surface area contributed by atoms with Crippen molar-refractivity contribution in [3.05, 3.63) is 52.1 Å². The third-order valence-electron chi connectivity index (χ3n) is 2.55. The highest BCUT2D eigenvalue weighted by molar-refractivity contribution is 14.1. The normalized spacial score (nSPS) is 9.90. The minimum atomic E-state index is 0.568. The predicted molar refractivity (Wildman–Crippen MR) is 96.6 cm³/mol. The molecule has 0 radical (unpaired) electrons. The van der Waals surface area contributed by atoms with Crippen molar-refractivity contribution in [3.8, 4) is 5.75 Å². The molecule has 0 aromatic heterocycles. The molecule has 3 nitrogen and oxygen atoms in total. The maximum absolute atomic E-state index is 5.40. The van der Waals surface area contributed by atoms with Crippen molar-refractivity contribution in [2.75, 3.05) is 17.2 Å². The lowest BCUT2D eigenvalue weighted by molar-refractivity contribution is 0.340. The fraction of sp³-hybridized carbons (Fsp3) is 0.133. The molecule has 0 atom stereocenters. The van der Waals surface area contributed by atoms with Crippen molar-refractivity contribution in [1.29, 1.82) is 0 Å². The smallest absolute Gasteiger partial charge is 0.175 e. The van der Waals surface area contributed by atoms with Gasteiger partial charge in [0.25, 0.3) is 0 Å². The van der Waals surface area contributed by atoms with E-state index < -0.39 is 0 Å². The molecule has 20 heavy (non-hydrogen) atoms. The predicted octanol–water partition coefficient (Wildman–Crippen LogP) is 4.50. The lowest BCUT2D eigenvalue weighted by atomic mass is 10.3. The maximum Gasteiger partial charge on any atom is 0.175 e. The van der Waals surface area contributed by atoms with E-state index in [1.54, 1.807) is 0 Å². The monoisotopic (exact) mass is 398 g/mol. The number of para-hydroxylation sites is 1. The Hall–Kier alpha value is -1.34. The first kappa shape index (κ1) is 15.1. The van der Waals surface area contributed by atoms with E-state index in [4.69, 9.17) is 17.0 Å². The molecule has 0 aliphatic carbocycles. The Bertz CT molecular complexity index is 587. The Morgan fingerprint density at radius 1 is 1.10 bits per heavy atom. The molecule has 5 heteroatoms. The summed E-state index contributed by atoms with van der Waals surface area (Å²) >= 11 is 7.58. The third-order valence-corrected chi connectivity index (χ3v) is 3.69. The van der Waals surface area contributed by atoms with Crippen LogP contribution < -0.4 is 15.4 Å². The van der Waals surface area contributed by atoms with E-state index in [0.29, 0.717) is 11.7 Å². The molecule has 0 saturated carbocycles. The SMILES string of the molecule is CCOc1ccc(NC(=S)Nc2ccccc2I)cc1. The van der Waals surface area contributed by atoms with E-state index >= 15 is 0 Å². The van der Waals surface area contributed by atoms with Gasteiger partial charge < -0.3 is 15.4 Å². The molecule has 0 aliphatic rings. The van der Waals surface area contributed by atoms with Gasteiger partial charge in [-0.2, -0.15) is 0 Å². The first-order chi connectivity index (χ1) is 9.69. The standard InChI is InChI=1S/C15H15IN2OS/c1-2-19-12-9-7-11(8-10-12)17-15(20)18-14-6-4-3-5-13(14)16/h3-10H,2H2,1H3,(H2,17,18,20). The largest absolute Gasteiger partial charge is 0.494 e. The fourth-order valence-corrected chi connectivity index (χ4v) is 2.40. The summed E-state index contributed by atoms with van der Waals surface area (Å²) in [5.41, 5.74) is 1.92. The van der Waals surface area contributed by atoms with E-state index in [9.17, 15) is 0 Å². The Balaban J connectivity index is 1.96. The number of nitrogens with one attached hydrogen (secondary N) is 2. The molecule has 0 spiro atoms. The minimum Gasteiger partial charge on any atom is -0.494 e. The van der Waals surface area contributed by atoms with E-state index in [1.807, 2.05) is 55.5 Å². The molecular formula is C15H15IN2OS. The van der Waals surface area contributed by atoms with Crippen LogP contribution in [0.15, 0.2) is 48.5 Å². The zero-order valence-corrected chi connectivity index (χ0v) is 14.0. The molecule has 0 unspecified atom stereocenters. The molecular weight excluding hydrogens is 383 g/mol. The van der Waals surface area contributed by atoms with Crippen molar-refractivity contribution in [3.63, 3.8) is 0 Å². The Morgan fingerprint density at radius 3 is 2.45 bits per heavy atom. The number of ether oxygens (including phenoxy) is 1. The zero-order valence-electron chi connectivity index (χ0n) is 11.0. The summed E-state index contributed by atoms with van der Waals surface area (Å²) in [6, 6.07) is 15.7. The van der Waals surface area contributed by atoms with Crippen LogP contribution in [-0.2, 0) is 0 Å². The number of anilines is 2. The van der Waals surface area contributed by atoms with Crippen LogP contribution in [0.25, 0.3) is 0 Å². The average Bonchev–Trinajstić information content (AvgIpc) is 2.44. The van der Waals surface area contributed by atoms with Crippen molar-refractivity contribution in [1.82, 2.24) is 0 Å². The Morgan fingerprint density at radius 2 is 1.80 bits per heavy atom. The third kappa shape index (κ3) is 4.35. The van der Waals surface area contributed by atoms with Crippen molar-refractivity contribution in [2.24, 2.45) is 0 Å². The fourth-order valence-electron chi connectivity index (χ4n) is 1.65. The zero-order chi connectivity index (χ0) is 14.4. The van der Waals surface area contributed by atoms with Gasteiger partial charge in [0.1, 0.15) is 5.75 Å². The molecule has 0 saturated heterocycles. The Labute approximate surface area is 137 Å². The van der Waals surface area contributed by atoms with E-state index in [2.05, 4.69) is 33.2 Å². The minimum absolute atomic E-state index is 0.568. The van der Waals surface area contributed by atoms with Gasteiger partial charge in [0.05, 0.1) is 12.3 Å². The number of rotatable bonds is 4. The highest BCUT2D eigenvalue weighted by Crippen LogP contribution is 2.18. The summed E-state index contributed by atoms with van der Waals surface area (Å²) in [7, 11) is 0. The van der Waals surface area contributed by atoms with Gasteiger partial charge in [0.15, 0.2) is 5.11 Å². The average molecular weight is 398 g/mol. The molecule has 0 aliphatic heterocycles. The van der Waals surface area contributed by atoms with Gasteiger partial charge in [0.2, 0.25) is 0 Å². The van der Waals surface area contributed by atoms with Crippen LogP contribution in [0, 0.1) is 3.57 Å². The van der Waals surface area contributed by atoms with Gasteiger partial charge in [-0.05, 0) is 78.1 Å². The van der Waals surface area contributed by atoms with Crippen molar-refractivity contribution in [2.45, 2.75) is 6.92 Å². The van der Waals surface area contributed by atoms with Crippen LogP contribution in [0.4, 0.5) is 11.4 Å². The van der Waals surface area contributed by atoms with Gasteiger partial charge in [-0.15, -0.1) is 0 Å². The highest BCUT2D eigenvalue weighted by Gasteiger charge is 2.02. The van der Waals surface area contributed by atoms with Crippen LogP contribution in [0.3, 0.4) is 0 Å². The summed E-state index contributed by atoms with van der Waals surface area (Å²) in [5, 5.41) is 6.90. The summed E-state index contributed by atoms with van der Waals surface area (Å²) in [6.45, 7) is 2.63. The molecule has 2 rings (SSSR count). The molecule has 0 bridgehead atoms. The lowest BCUT2D eigenvalue weighted by Gasteiger charge is -2.12. The second kappa shape index (κ2) is 7.44. The lowest BCUT2D eigenvalue weighted by Crippen LogP contribution is -2.19. The number of thiocarbonyl (C=S) groups is 1. The summed E-state index contributed by atoms with van der Waals surface area (Å²) in [6.07, 6.45) is 0. The van der Waals surface area contributed by atoms with E-state index in [0.717, 1.165) is 20.7 Å². The second-order valence-corrected chi connectivity index (χ2v) is 5.59. The van der Waals surface area contributed by atoms with Crippen molar-refractivity contribution >= 4 is 51.3 Å². The maximum atomic E-state index is 5.40. The van der Waals surface area contributed by atoms with Crippen LogP contribution in [0.1, 0.15) is 6.92 Å². The van der Waals surface area contributed by atoms with Gasteiger partial charge >= 0.3 is 0 Å². The van der Waals surface area contributed by atoms with Gasteiger partial charge in [-0.25, -0.2) is 0 Å². The topological polar surface area (TPSA) is 33.3 Å². The van der Waals surface area contributed by atoms with Crippen LogP contribution in [0.5, 0.6) is 5.75 Å². The second-order valence-electron chi connectivity index (χ2n) is 4.02. The van der Waals surface area contributed by atoms with E-state index in [1.165, 1.54) is 0 Å². The molecule has 2 N–H and O–H groups in total. The number of hydrogen-bond donors (Lipinski definition) is 2. The Kier molecular flexibility index (Phi) is 5.60. The molecule has 0 fully saturated rings. The molecule has 104 valence electrons. The number of hydrogen-bond acceptors (Lipinski definition) is 2. The van der Waals surface area contributed by atoms with E-state index in [-0.39, 0.29) is 0 Å². The number of halogens is 1. The highest BCUT2D eigenvalue weighted by atomic mass is 127. The van der Waals surface area contributed by atoms with Crippen LogP contribution >= 0.6 is 34.8 Å². The molecule has 0 heterocycles.